The van der Waals surface area contributed by atoms with Crippen molar-refractivity contribution in [2.45, 2.75) is 32.1 Å². The van der Waals surface area contributed by atoms with E-state index in [1.165, 1.54) is 17.5 Å². The predicted octanol–water partition coefficient (Wildman–Crippen LogP) is 3.99. The third-order valence-corrected chi connectivity index (χ3v) is 7.71. The molecule has 0 bridgehead atoms. The molecule has 0 radical (unpaired) electrons. The molecule has 2 atom stereocenters. The summed E-state index contributed by atoms with van der Waals surface area (Å²) < 4.78 is 33.8. The smallest absolute Gasteiger partial charge is 0.255 e. The zero-order valence-electron chi connectivity index (χ0n) is 19.7. The number of nitrogens with zero attached hydrogens (tertiary/aromatic N) is 2. The number of sulfonamides is 1. The van der Waals surface area contributed by atoms with Crippen molar-refractivity contribution in [3.8, 4) is 5.75 Å². The van der Waals surface area contributed by atoms with Crippen LogP contribution in [0.2, 0.25) is 0 Å². The summed E-state index contributed by atoms with van der Waals surface area (Å²) in [4.78, 5) is 15.0. The van der Waals surface area contributed by atoms with Crippen LogP contribution in [0.25, 0.3) is 0 Å². The van der Waals surface area contributed by atoms with Crippen molar-refractivity contribution >= 4 is 27.3 Å². The molecule has 1 aliphatic rings. The van der Waals surface area contributed by atoms with Gasteiger partial charge in [0.15, 0.2) is 0 Å². The number of piperidine rings is 1. The van der Waals surface area contributed by atoms with Gasteiger partial charge in [-0.05, 0) is 67.1 Å². The summed E-state index contributed by atoms with van der Waals surface area (Å²) in [6.07, 6.45) is 0.998. The van der Waals surface area contributed by atoms with Crippen molar-refractivity contribution in [1.82, 2.24) is 4.31 Å². The summed E-state index contributed by atoms with van der Waals surface area (Å²) >= 11 is 0. The predicted molar refractivity (Wildman–Crippen MR) is 128 cm³/mol. The monoisotopic (exact) mass is 459 g/mol. The van der Waals surface area contributed by atoms with Crippen molar-refractivity contribution in [3.05, 3.63) is 47.5 Å². The summed E-state index contributed by atoms with van der Waals surface area (Å²) in [5, 5.41) is 2.90. The van der Waals surface area contributed by atoms with E-state index in [2.05, 4.69) is 19.2 Å². The number of ether oxygens (including phenoxy) is 1. The van der Waals surface area contributed by atoms with Crippen LogP contribution < -0.4 is 15.0 Å². The van der Waals surface area contributed by atoms with E-state index in [-0.39, 0.29) is 34.0 Å². The summed E-state index contributed by atoms with van der Waals surface area (Å²) in [5.74, 6) is 0.419. The average Bonchev–Trinajstić information content (AvgIpc) is 2.73. The Bertz CT molecular complexity index is 1090. The molecule has 3 rings (SSSR count). The SMILES string of the molecule is COc1ccc(C(=O)Nc2ccc(N(C)C)cc2C)cc1S(=O)(=O)N1CC(C)CC(C)C1. The van der Waals surface area contributed by atoms with Gasteiger partial charge >= 0.3 is 0 Å². The summed E-state index contributed by atoms with van der Waals surface area (Å²) in [5.41, 5.74) is 2.89. The molecule has 32 heavy (non-hydrogen) atoms. The molecule has 1 amide bonds. The fraction of sp³-hybridized carbons (Fsp3) is 0.458. The Morgan fingerprint density at radius 1 is 1.09 bits per heavy atom. The van der Waals surface area contributed by atoms with E-state index in [9.17, 15) is 13.2 Å². The van der Waals surface area contributed by atoms with Crippen molar-refractivity contribution < 1.29 is 17.9 Å². The zero-order chi connectivity index (χ0) is 23.6. The molecule has 1 heterocycles. The summed E-state index contributed by atoms with van der Waals surface area (Å²) in [7, 11) is 1.54. The number of hydrogen-bond donors (Lipinski definition) is 1. The molecule has 2 aromatic carbocycles. The molecule has 0 aliphatic carbocycles. The van der Waals surface area contributed by atoms with Crippen LogP contribution in [0.4, 0.5) is 11.4 Å². The Labute approximate surface area is 191 Å². The first kappa shape index (κ1) is 24.1. The van der Waals surface area contributed by atoms with Crippen molar-refractivity contribution in [1.29, 1.82) is 0 Å². The van der Waals surface area contributed by atoms with Crippen LogP contribution in [0.1, 0.15) is 36.2 Å². The van der Waals surface area contributed by atoms with Gasteiger partial charge in [0, 0.05) is 44.1 Å². The Morgan fingerprint density at radius 2 is 1.75 bits per heavy atom. The molecule has 1 saturated heterocycles. The molecule has 2 aromatic rings. The van der Waals surface area contributed by atoms with Crippen LogP contribution in [0.15, 0.2) is 41.3 Å². The molecule has 7 nitrogen and oxygen atoms in total. The molecular weight excluding hydrogens is 426 g/mol. The lowest BCUT2D eigenvalue weighted by Crippen LogP contribution is -2.42. The minimum Gasteiger partial charge on any atom is -0.495 e. The molecule has 0 spiro atoms. The first-order valence-corrected chi connectivity index (χ1v) is 12.2. The second-order valence-electron chi connectivity index (χ2n) is 8.98. The number of amides is 1. The second-order valence-corrected chi connectivity index (χ2v) is 10.9. The number of methoxy groups -OCH3 is 1. The number of benzene rings is 2. The maximum Gasteiger partial charge on any atom is 0.255 e. The first-order valence-electron chi connectivity index (χ1n) is 10.8. The standard InChI is InChI=1S/C24H33N3O4S/c1-16-11-17(2)15-27(14-16)32(29,30)23-13-19(7-10-22(23)31-6)24(28)25-21-9-8-20(26(4)5)12-18(21)3/h7-10,12-13,16-17H,11,14-15H2,1-6H3,(H,25,28). The van der Waals surface area contributed by atoms with Gasteiger partial charge in [-0.1, -0.05) is 13.8 Å². The van der Waals surface area contributed by atoms with Crippen LogP contribution in [0.5, 0.6) is 5.75 Å². The highest BCUT2D eigenvalue weighted by atomic mass is 32.2. The van der Waals surface area contributed by atoms with E-state index in [0.717, 1.165) is 17.7 Å². The van der Waals surface area contributed by atoms with Crippen LogP contribution in [0.3, 0.4) is 0 Å². The van der Waals surface area contributed by atoms with E-state index in [1.807, 2.05) is 44.1 Å². The van der Waals surface area contributed by atoms with Gasteiger partial charge < -0.3 is 15.0 Å². The fourth-order valence-electron chi connectivity index (χ4n) is 4.22. The molecule has 2 unspecified atom stereocenters. The summed E-state index contributed by atoms with van der Waals surface area (Å²) in [6, 6.07) is 10.3. The van der Waals surface area contributed by atoms with Crippen LogP contribution in [0, 0.1) is 18.8 Å². The van der Waals surface area contributed by atoms with Gasteiger partial charge in [-0.2, -0.15) is 4.31 Å². The summed E-state index contributed by atoms with van der Waals surface area (Å²) in [6.45, 7) is 6.96. The molecule has 1 aliphatic heterocycles. The van der Waals surface area contributed by atoms with Crippen LogP contribution in [-0.2, 0) is 10.0 Å². The second kappa shape index (κ2) is 9.50. The Kier molecular flexibility index (Phi) is 7.15. The average molecular weight is 460 g/mol. The van der Waals surface area contributed by atoms with Crippen LogP contribution in [-0.4, -0.2) is 52.9 Å². The number of carbonyl (C=O) groups excluding carboxylic acids is 1. The number of rotatable bonds is 6. The maximum atomic E-state index is 13.5. The van der Waals surface area contributed by atoms with Gasteiger partial charge in [-0.25, -0.2) is 8.42 Å². The maximum absolute atomic E-state index is 13.5. The van der Waals surface area contributed by atoms with E-state index < -0.39 is 10.0 Å². The van der Waals surface area contributed by atoms with E-state index in [1.54, 1.807) is 12.1 Å². The molecule has 174 valence electrons. The van der Waals surface area contributed by atoms with Gasteiger partial charge in [0.2, 0.25) is 10.0 Å². The highest BCUT2D eigenvalue weighted by molar-refractivity contribution is 7.89. The largest absolute Gasteiger partial charge is 0.495 e. The Balaban J connectivity index is 1.91. The van der Waals surface area contributed by atoms with Gasteiger partial charge in [-0.15, -0.1) is 0 Å². The van der Waals surface area contributed by atoms with Crippen molar-refractivity contribution in [3.63, 3.8) is 0 Å². The van der Waals surface area contributed by atoms with Crippen LogP contribution >= 0.6 is 0 Å². The minimum absolute atomic E-state index is 0.0219. The molecule has 8 heteroatoms. The molecule has 0 aromatic heterocycles. The van der Waals surface area contributed by atoms with Gasteiger partial charge in [-0.3, -0.25) is 4.79 Å². The lowest BCUT2D eigenvalue weighted by atomic mass is 9.94. The first-order chi connectivity index (χ1) is 15.0. The number of anilines is 2. The molecule has 1 fully saturated rings. The lowest BCUT2D eigenvalue weighted by molar-refractivity contribution is 0.102. The fourth-order valence-corrected chi connectivity index (χ4v) is 6.08. The van der Waals surface area contributed by atoms with Gasteiger partial charge in [0.05, 0.1) is 7.11 Å². The van der Waals surface area contributed by atoms with E-state index in [4.69, 9.17) is 4.74 Å². The Hall–Kier alpha value is -2.58. The third kappa shape index (κ3) is 5.07. The van der Waals surface area contributed by atoms with E-state index >= 15 is 0 Å². The van der Waals surface area contributed by atoms with Crippen molar-refractivity contribution in [2.24, 2.45) is 11.8 Å². The topological polar surface area (TPSA) is 79.0 Å². The Morgan fingerprint density at radius 3 is 2.31 bits per heavy atom. The zero-order valence-corrected chi connectivity index (χ0v) is 20.5. The molecule has 1 N–H and O–H groups in total. The number of aryl methyl sites for hydroxylation is 1. The lowest BCUT2D eigenvalue weighted by Gasteiger charge is -2.34. The molecular formula is C24H33N3O4S. The minimum atomic E-state index is -3.80. The number of carbonyl (C=O) groups is 1. The number of hydrogen-bond acceptors (Lipinski definition) is 5. The van der Waals surface area contributed by atoms with Crippen molar-refractivity contribution in [2.75, 3.05) is 44.5 Å². The number of nitrogens with one attached hydrogen (secondary N) is 1. The highest BCUT2D eigenvalue weighted by Gasteiger charge is 2.34. The van der Waals surface area contributed by atoms with Gasteiger partial charge in [0.1, 0.15) is 10.6 Å². The quantitative estimate of drug-likeness (QED) is 0.707. The van der Waals surface area contributed by atoms with E-state index in [0.29, 0.717) is 18.8 Å². The normalized spacial score (nSPS) is 19.4. The molecule has 0 saturated carbocycles. The highest BCUT2D eigenvalue weighted by Crippen LogP contribution is 2.32. The third-order valence-electron chi connectivity index (χ3n) is 5.85. The van der Waals surface area contributed by atoms with Gasteiger partial charge in [0.25, 0.3) is 5.91 Å².